The Hall–Kier alpha value is -3.52. The lowest BCUT2D eigenvalue weighted by atomic mass is 10.1. The Morgan fingerprint density at radius 2 is 1.71 bits per heavy atom. The molecule has 178 valence electrons. The maximum atomic E-state index is 13.5. The highest BCUT2D eigenvalue weighted by Crippen LogP contribution is 2.21. The van der Waals surface area contributed by atoms with Crippen LogP contribution in [0.25, 0.3) is 21.8 Å². The van der Waals surface area contributed by atoms with Crippen molar-refractivity contribution in [1.29, 1.82) is 0 Å². The van der Waals surface area contributed by atoms with Crippen molar-refractivity contribution < 1.29 is 4.79 Å². The van der Waals surface area contributed by atoms with Crippen molar-refractivity contribution in [2.75, 3.05) is 25.0 Å². The van der Waals surface area contributed by atoms with Crippen LogP contribution in [0.3, 0.4) is 0 Å². The summed E-state index contributed by atoms with van der Waals surface area (Å²) >= 11 is 0. The van der Waals surface area contributed by atoms with Gasteiger partial charge in [0.2, 0.25) is 5.95 Å². The Balaban J connectivity index is 1.74. The summed E-state index contributed by atoms with van der Waals surface area (Å²) in [6.45, 7) is 12.2. The summed E-state index contributed by atoms with van der Waals surface area (Å²) in [7, 11) is 0. The number of hydrogen-bond acceptors (Lipinski definition) is 5. The van der Waals surface area contributed by atoms with Gasteiger partial charge in [0.25, 0.3) is 11.5 Å². The summed E-state index contributed by atoms with van der Waals surface area (Å²) < 4.78 is 3.43. The van der Waals surface area contributed by atoms with Crippen molar-refractivity contribution in [1.82, 2.24) is 24.2 Å². The number of nitrogens with zero attached hydrogens (tertiary/aromatic N) is 5. The van der Waals surface area contributed by atoms with Gasteiger partial charge in [-0.05, 0) is 37.2 Å². The van der Waals surface area contributed by atoms with E-state index in [1.807, 2.05) is 48.7 Å². The number of carbonyl (C=O) groups is 1. The van der Waals surface area contributed by atoms with Crippen LogP contribution in [0.15, 0.2) is 53.3 Å². The molecule has 2 aromatic carbocycles. The highest BCUT2D eigenvalue weighted by Gasteiger charge is 2.20. The second kappa shape index (κ2) is 10.2. The number of imidazole rings is 1. The summed E-state index contributed by atoms with van der Waals surface area (Å²) in [5, 5.41) is 8.47. The molecule has 0 saturated heterocycles. The first-order valence-corrected chi connectivity index (χ1v) is 11.9. The van der Waals surface area contributed by atoms with E-state index < -0.39 is 0 Å². The zero-order chi connectivity index (χ0) is 24.2. The summed E-state index contributed by atoms with van der Waals surface area (Å²) in [5.74, 6) is 0.311. The fraction of sp³-hybridized carbons (Fsp3) is 0.385. The predicted octanol–water partition coefficient (Wildman–Crippen LogP) is 4.00. The maximum absolute atomic E-state index is 13.5. The molecule has 4 aromatic rings. The minimum atomic E-state index is -0.381. The average molecular weight is 461 g/mol. The van der Waals surface area contributed by atoms with E-state index in [0.717, 1.165) is 30.7 Å². The van der Waals surface area contributed by atoms with Crippen molar-refractivity contribution >= 4 is 33.7 Å². The molecule has 2 heterocycles. The molecule has 0 aliphatic heterocycles. The third-order valence-electron chi connectivity index (χ3n) is 6.04. The van der Waals surface area contributed by atoms with Gasteiger partial charge in [0.05, 0.1) is 16.4 Å². The number of aromatic nitrogens is 4. The normalized spacial score (nSPS) is 11.7. The lowest BCUT2D eigenvalue weighted by molar-refractivity contribution is 0.102. The number of rotatable bonds is 9. The number of fused-ring (bicyclic) bond motifs is 2. The number of benzene rings is 2. The molecule has 0 atom stereocenters. The fourth-order valence-electron chi connectivity index (χ4n) is 4.21. The first-order valence-electron chi connectivity index (χ1n) is 11.9. The van der Waals surface area contributed by atoms with Gasteiger partial charge in [-0.3, -0.25) is 14.9 Å². The van der Waals surface area contributed by atoms with Gasteiger partial charge in [-0.1, -0.05) is 58.0 Å². The molecule has 8 nitrogen and oxygen atoms in total. The largest absolute Gasteiger partial charge is 0.309 e. The summed E-state index contributed by atoms with van der Waals surface area (Å²) in [6.07, 6.45) is 0. The highest BCUT2D eigenvalue weighted by molar-refractivity contribution is 6.10. The van der Waals surface area contributed by atoms with Gasteiger partial charge < -0.3 is 9.47 Å². The molecule has 0 unspecified atom stereocenters. The molecule has 1 N–H and O–H groups in total. The third-order valence-corrected chi connectivity index (χ3v) is 6.04. The number of amides is 1. The molecule has 0 aliphatic rings. The Kier molecular flexibility index (Phi) is 7.07. The zero-order valence-electron chi connectivity index (χ0n) is 20.3. The second-order valence-electron chi connectivity index (χ2n) is 8.83. The van der Waals surface area contributed by atoms with Gasteiger partial charge in [0, 0.05) is 25.0 Å². The lowest BCUT2D eigenvalue weighted by Crippen LogP contribution is -2.30. The van der Waals surface area contributed by atoms with E-state index in [-0.39, 0.29) is 23.1 Å². The Morgan fingerprint density at radius 3 is 2.41 bits per heavy atom. The molecule has 0 aliphatic carbocycles. The first-order chi connectivity index (χ1) is 16.4. The van der Waals surface area contributed by atoms with E-state index in [0.29, 0.717) is 29.8 Å². The quantitative estimate of drug-likeness (QED) is 0.408. The topological polar surface area (TPSA) is 85.0 Å². The van der Waals surface area contributed by atoms with Crippen molar-refractivity contribution in [3.63, 3.8) is 0 Å². The van der Waals surface area contributed by atoms with E-state index in [4.69, 9.17) is 4.98 Å². The molecule has 0 radical (unpaired) electrons. The molecule has 34 heavy (non-hydrogen) atoms. The van der Waals surface area contributed by atoms with Crippen molar-refractivity contribution in [3.8, 4) is 0 Å². The van der Waals surface area contributed by atoms with Crippen LogP contribution in [0, 0.1) is 5.92 Å². The van der Waals surface area contributed by atoms with E-state index in [9.17, 15) is 9.59 Å². The van der Waals surface area contributed by atoms with Crippen LogP contribution in [0.5, 0.6) is 0 Å². The second-order valence-corrected chi connectivity index (χ2v) is 8.83. The number of para-hydroxylation sites is 2. The van der Waals surface area contributed by atoms with Crippen LogP contribution >= 0.6 is 0 Å². The summed E-state index contributed by atoms with van der Waals surface area (Å²) in [6, 6.07) is 15.0. The number of anilines is 1. The van der Waals surface area contributed by atoms with Crippen LogP contribution < -0.4 is 10.9 Å². The van der Waals surface area contributed by atoms with Gasteiger partial charge in [-0.2, -0.15) is 5.10 Å². The van der Waals surface area contributed by atoms with E-state index in [1.165, 1.54) is 4.68 Å². The van der Waals surface area contributed by atoms with Gasteiger partial charge >= 0.3 is 0 Å². The number of nitrogens with one attached hydrogen (secondary N) is 1. The van der Waals surface area contributed by atoms with Crippen LogP contribution in [-0.2, 0) is 13.1 Å². The van der Waals surface area contributed by atoms with Crippen molar-refractivity contribution in [2.24, 2.45) is 5.92 Å². The van der Waals surface area contributed by atoms with E-state index in [2.05, 4.69) is 29.2 Å². The summed E-state index contributed by atoms with van der Waals surface area (Å²) in [4.78, 5) is 33.4. The molecule has 4 rings (SSSR count). The van der Waals surface area contributed by atoms with Crippen LogP contribution in [0.2, 0.25) is 0 Å². The van der Waals surface area contributed by atoms with Crippen LogP contribution in [0.4, 0.5) is 5.95 Å². The van der Waals surface area contributed by atoms with E-state index in [1.54, 1.807) is 18.2 Å². The number of likely N-dealkylation sites (N-methyl/N-ethyl adjacent to an activating group) is 1. The molecule has 0 bridgehead atoms. The molecule has 0 spiro atoms. The molecular formula is C26H32N6O2. The third kappa shape index (κ3) is 4.72. The number of carbonyl (C=O) groups excluding carboxylic acids is 1. The van der Waals surface area contributed by atoms with Crippen LogP contribution in [-0.4, -0.2) is 49.8 Å². The Morgan fingerprint density at radius 1 is 1.03 bits per heavy atom. The minimum Gasteiger partial charge on any atom is -0.309 e. The van der Waals surface area contributed by atoms with Gasteiger partial charge in [0.15, 0.2) is 5.69 Å². The van der Waals surface area contributed by atoms with Gasteiger partial charge in [0.1, 0.15) is 0 Å². The SMILES string of the molecule is CCN(CC)CCn1c(NC(=O)c2nn(CC(C)C)c(=O)c3ccccc23)nc2ccccc21. The van der Waals surface area contributed by atoms with Crippen LogP contribution in [0.1, 0.15) is 38.2 Å². The van der Waals surface area contributed by atoms with Crippen molar-refractivity contribution in [2.45, 2.75) is 40.8 Å². The zero-order valence-corrected chi connectivity index (χ0v) is 20.3. The first kappa shape index (κ1) is 23.6. The average Bonchev–Trinajstić information content (AvgIpc) is 3.18. The highest BCUT2D eigenvalue weighted by atomic mass is 16.2. The monoisotopic (exact) mass is 460 g/mol. The molecular weight excluding hydrogens is 428 g/mol. The van der Waals surface area contributed by atoms with E-state index >= 15 is 0 Å². The smallest absolute Gasteiger partial charge is 0.279 e. The molecule has 8 heteroatoms. The predicted molar refractivity (Wildman–Crippen MR) is 136 cm³/mol. The summed E-state index contributed by atoms with van der Waals surface area (Å²) in [5.41, 5.74) is 1.82. The lowest BCUT2D eigenvalue weighted by Gasteiger charge is -2.19. The maximum Gasteiger partial charge on any atom is 0.279 e. The molecule has 2 aromatic heterocycles. The Labute approximate surface area is 199 Å². The number of hydrogen-bond donors (Lipinski definition) is 1. The standard InChI is InChI=1S/C26H32N6O2/c1-5-30(6-2)15-16-31-22-14-10-9-13-21(22)27-26(31)28-24(33)23-19-11-7-8-12-20(19)25(34)32(29-23)17-18(3)4/h7-14,18H,5-6,15-17H2,1-4H3,(H,27,28,33). The Bertz CT molecular complexity index is 1370. The van der Waals surface area contributed by atoms with Gasteiger partial charge in [-0.15, -0.1) is 0 Å². The molecule has 0 saturated carbocycles. The molecule has 1 amide bonds. The van der Waals surface area contributed by atoms with Crippen molar-refractivity contribution in [3.05, 3.63) is 64.6 Å². The fourth-order valence-corrected chi connectivity index (χ4v) is 4.21. The van der Waals surface area contributed by atoms with Gasteiger partial charge in [-0.25, -0.2) is 9.67 Å². The minimum absolute atomic E-state index is 0.188. The molecule has 0 fully saturated rings.